The first kappa shape index (κ1) is 22.8. The Morgan fingerprint density at radius 1 is 0.970 bits per heavy atom. The maximum atomic E-state index is 10.9. The number of benzene rings is 1. The van der Waals surface area contributed by atoms with E-state index in [-0.39, 0.29) is 6.10 Å². The molecule has 0 aliphatic heterocycles. The van der Waals surface area contributed by atoms with Crippen molar-refractivity contribution in [2.24, 2.45) is 5.92 Å². The third-order valence-corrected chi connectivity index (χ3v) is 6.13. The van der Waals surface area contributed by atoms with Crippen LogP contribution in [0.5, 0.6) is 5.88 Å². The van der Waals surface area contributed by atoms with Crippen molar-refractivity contribution in [3.8, 4) is 17.1 Å². The van der Waals surface area contributed by atoms with E-state index in [9.17, 15) is 4.79 Å². The van der Waals surface area contributed by atoms with E-state index in [0.717, 1.165) is 48.3 Å². The molecule has 1 aromatic carbocycles. The summed E-state index contributed by atoms with van der Waals surface area (Å²) in [6.45, 7) is 3.95. The zero-order valence-electron chi connectivity index (χ0n) is 19.2. The van der Waals surface area contributed by atoms with Gasteiger partial charge in [-0.1, -0.05) is 24.3 Å². The van der Waals surface area contributed by atoms with Gasteiger partial charge in [0.05, 0.1) is 35.6 Å². The second-order valence-electron chi connectivity index (χ2n) is 9.05. The molecule has 0 radical (unpaired) electrons. The number of ether oxygens (including phenoxy) is 1. The molecular formula is C27H31N3O3. The number of aromatic nitrogens is 2. The summed E-state index contributed by atoms with van der Waals surface area (Å²) in [6, 6.07) is 16.5. The summed E-state index contributed by atoms with van der Waals surface area (Å²) < 4.78 is 5.58. The molecule has 3 aromatic rings. The molecule has 172 valence electrons. The van der Waals surface area contributed by atoms with E-state index in [4.69, 9.17) is 9.84 Å². The van der Waals surface area contributed by atoms with Crippen LogP contribution in [0.25, 0.3) is 11.3 Å². The van der Waals surface area contributed by atoms with Gasteiger partial charge >= 0.3 is 5.97 Å². The van der Waals surface area contributed by atoms with Crippen molar-refractivity contribution in [1.29, 1.82) is 0 Å². The van der Waals surface area contributed by atoms with Gasteiger partial charge < -0.3 is 15.2 Å². The number of nitrogens with one attached hydrogen (secondary N) is 1. The van der Waals surface area contributed by atoms with Gasteiger partial charge in [0.15, 0.2) is 0 Å². The lowest BCUT2D eigenvalue weighted by Gasteiger charge is -2.28. The van der Waals surface area contributed by atoms with Crippen LogP contribution in [0.3, 0.4) is 0 Å². The zero-order chi connectivity index (χ0) is 23.2. The molecule has 0 bridgehead atoms. The lowest BCUT2D eigenvalue weighted by atomic mass is 9.77. The molecule has 1 aliphatic rings. The van der Waals surface area contributed by atoms with Crippen molar-refractivity contribution < 1.29 is 14.6 Å². The summed E-state index contributed by atoms with van der Waals surface area (Å²) in [4.78, 5) is 19.9. The maximum absolute atomic E-state index is 10.9. The van der Waals surface area contributed by atoms with Crippen molar-refractivity contribution in [3.63, 3.8) is 0 Å². The number of anilines is 2. The summed E-state index contributed by atoms with van der Waals surface area (Å²) in [6.07, 6.45) is 8.10. The van der Waals surface area contributed by atoms with E-state index in [2.05, 4.69) is 39.6 Å². The monoisotopic (exact) mass is 445 g/mol. The fraction of sp³-hybridized carbons (Fsp3) is 0.370. The number of nitrogens with zero attached hydrogens (tertiary/aromatic N) is 2. The Hall–Kier alpha value is -3.41. The average Bonchev–Trinajstić information content (AvgIpc) is 2.81. The van der Waals surface area contributed by atoms with Crippen LogP contribution in [0.1, 0.15) is 57.4 Å². The summed E-state index contributed by atoms with van der Waals surface area (Å²) in [5.74, 6) is 0.786. The molecule has 0 atom stereocenters. The predicted molar refractivity (Wildman–Crippen MR) is 130 cm³/mol. The highest BCUT2D eigenvalue weighted by Gasteiger charge is 2.23. The molecule has 2 heterocycles. The third kappa shape index (κ3) is 6.31. The Morgan fingerprint density at radius 3 is 2.18 bits per heavy atom. The van der Waals surface area contributed by atoms with E-state index in [0.29, 0.717) is 24.1 Å². The summed E-state index contributed by atoms with van der Waals surface area (Å²) in [7, 11) is 0. The fourth-order valence-electron chi connectivity index (χ4n) is 4.44. The summed E-state index contributed by atoms with van der Waals surface area (Å²) in [5.41, 5.74) is 5.12. The van der Waals surface area contributed by atoms with Crippen LogP contribution in [-0.4, -0.2) is 27.1 Å². The molecule has 0 saturated heterocycles. The van der Waals surface area contributed by atoms with Gasteiger partial charge in [-0.2, -0.15) is 0 Å². The molecule has 1 fully saturated rings. The van der Waals surface area contributed by atoms with E-state index in [1.807, 2.05) is 44.3 Å². The molecule has 0 amide bonds. The SMILES string of the molecule is CC(C)Oc1ccc(Nc2ccc(-c3ccc(C4CCC(CC(=O)O)CC4)cc3)nc2)cn1. The van der Waals surface area contributed by atoms with Crippen LogP contribution < -0.4 is 10.1 Å². The first-order chi connectivity index (χ1) is 16.0. The Kier molecular flexibility index (Phi) is 7.23. The fourth-order valence-corrected chi connectivity index (χ4v) is 4.44. The first-order valence-corrected chi connectivity index (χ1v) is 11.6. The minimum Gasteiger partial charge on any atom is -0.481 e. The van der Waals surface area contributed by atoms with Gasteiger partial charge in [0, 0.05) is 18.1 Å². The average molecular weight is 446 g/mol. The zero-order valence-corrected chi connectivity index (χ0v) is 19.2. The Balaban J connectivity index is 1.34. The second-order valence-corrected chi connectivity index (χ2v) is 9.05. The predicted octanol–water partition coefficient (Wildman–Crippen LogP) is 6.42. The summed E-state index contributed by atoms with van der Waals surface area (Å²) in [5, 5.41) is 12.3. The standard InChI is InChI=1S/C27H31N3O3/c1-18(2)33-26-14-12-24(17-29-26)30-23-11-13-25(28-16-23)22-9-7-21(8-10-22)20-5-3-19(4-6-20)15-27(31)32/h7-14,16-20,30H,3-6,15H2,1-2H3,(H,31,32). The van der Waals surface area contributed by atoms with E-state index >= 15 is 0 Å². The highest BCUT2D eigenvalue weighted by atomic mass is 16.5. The first-order valence-electron chi connectivity index (χ1n) is 11.6. The van der Waals surface area contributed by atoms with E-state index in [1.54, 1.807) is 6.20 Å². The van der Waals surface area contributed by atoms with Crippen LogP contribution in [0.2, 0.25) is 0 Å². The van der Waals surface area contributed by atoms with Gasteiger partial charge in [-0.25, -0.2) is 4.98 Å². The number of carboxylic acids is 1. The summed E-state index contributed by atoms with van der Waals surface area (Å²) >= 11 is 0. The lowest BCUT2D eigenvalue weighted by Crippen LogP contribution is -2.16. The van der Waals surface area contributed by atoms with Crippen molar-refractivity contribution in [1.82, 2.24) is 9.97 Å². The van der Waals surface area contributed by atoms with Crippen LogP contribution in [0.15, 0.2) is 60.9 Å². The normalized spacial score (nSPS) is 18.2. The van der Waals surface area contributed by atoms with Gasteiger partial charge in [-0.3, -0.25) is 9.78 Å². The number of carbonyl (C=O) groups is 1. The molecule has 2 aromatic heterocycles. The number of rotatable bonds is 8. The smallest absolute Gasteiger partial charge is 0.303 e. The van der Waals surface area contributed by atoms with Crippen molar-refractivity contribution in [2.75, 3.05) is 5.32 Å². The minimum atomic E-state index is -0.678. The number of aliphatic carboxylic acids is 1. The topological polar surface area (TPSA) is 84.3 Å². The molecule has 1 aliphatic carbocycles. The molecule has 0 unspecified atom stereocenters. The van der Waals surface area contributed by atoms with Crippen LogP contribution in [0.4, 0.5) is 11.4 Å². The highest BCUT2D eigenvalue weighted by Crippen LogP contribution is 2.37. The molecule has 6 heteroatoms. The largest absolute Gasteiger partial charge is 0.481 e. The minimum absolute atomic E-state index is 0.0981. The van der Waals surface area contributed by atoms with Gasteiger partial charge in [-0.15, -0.1) is 0 Å². The molecule has 33 heavy (non-hydrogen) atoms. The second kappa shape index (κ2) is 10.5. The van der Waals surface area contributed by atoms with Gasteiger partial charge in [0.1, 0.15) is 0 Å². The number of hydrogen-bond acceptors (Lipinski definition) is 5. The Bertz CT molecular complexity index is 1040. The van der Waals surface area contributed by atoms with Crippen molar-refractivity contribution in [2.45, 2.75) is 58.0 Å². The van der Waals surface area contributed by atoms with Crippen LogP contribution in [-0.2, 0) is 4.79 Å². The molecule has 1 saturated carbocycles. The van der Waals surface area contributed by atoms with Crippen LogP contribution >= 0.6 is 0 Å². The number of pyridine rings is 2. The maximum Gasteiger partial charge on any atom is 0.303 e. The van der Waals surface area contributed by atoms with Crippen molar-refractivity contribution in [3.05, 3.63) is 66.5 Å². The quantitative estimate of drug-likeness (QED) is 0.416. The molecule has 2 N–H and O–H groups in total. The number of hydrogen-bond donors (Lipinski definition) is 2. The van der Waals surface area contributed by atoms with Gasteiger partial charge in [0.2, 0.25) is 5.88 Å². The Morgan fingerprint density at radius 2 is 1.64 bits per heavy atom. The van der Waals surface area contributed by atoms with Crippen molar-refractivity contribution >= 4 is 17.3 Å². The molecular weight excluding hydrogens is 414 g/mol. The van der Waals surface area contributed by atoms with E-state index < -0.39 is 5.97 Å². The molecule has 0 spiro atoms. The molecule has 4 rings (SSSR count). The third-order valence-electron chi connectivity index (χ3n) is 6.13. The van der Waals surface area contributed by atoms with Gasteiger partial charge in [-0.05, 0) is 75.1 Å². The lowest BCUT2D eigenvalue weighted by molar-refractivity contribution is -0.138. The highest BCUT2D eigenvalue weighted by molar-refractivity contribution is 5.67. The van der Waals surface area contributed by atoms with Gasteiger partial charge in [0.25, 0.3) is 0 Å². The van der Waals surface area contributed by atoms with E-state index in [1.165, 1.54) is 5.56 Å². The van der Waals surface area contributed by atoms with Crippen LogP contribution in [0, 0.1) is 5.92 Å². The molecule has 6 nitrogen and oxygen atoms in total. The Labute approximate surface area is 195 Å². The number of carboxylic acid groups (broad SMARTS) is 1.